The molecular weight excluding hydrogens is 362 g/mol. The lowest BCUT2D eigenvalue weighted by Gasteiger charge is -2.37. The smallest absolute Gasteiger partial charge is 0.246 e. The second-order valence-electron chi connectivity index (χ2n) is 6.00. The maximum Gasteiger partial charge on any atom is 0.246 e. The summed E-state index contributed by atoms with van der Waals surface area (Å²) in [5.74, 6) is -1.77. The van der Waals surface area contributed by atoms with Crippen molar-refractivity contribution in [1.82, 2.24) is 19.3 Å². The molecular formula is C17H14F2N4O2S. The molecule has 1 aliphatic heterocycles. The summed E-state index contributed by atoms with van der Waals surface area (Å²) >= 11 is 0. The molecule has 1 saturated heterocycles. The van der Waals surface area contributed by atoms with E-state index >= 15 is 0 Å². The van der Waals surface area contributed by atoms with E-state index in [9.17, 15) is 17.2 Å². The van der Waals surface area contributed by atoms with Gasteiger partial charge in [0.05, 0.1) is 12.2 Å². The number of halogens is 2. The van der Waals surface area contributed by atoms with Crippen LogP contribution < -0.4 is 0 Å². The van der Waals surface area contributed by atoms with E-state index in [2.05, 4.69) is 10.3 Å². The van der Waals surface area contributed by atoms with E-state index < -0.39 is 26.6 Å². The molecule has 2 heterocycles. The van der Waals surface area contributed by atoms with Crippen molar-refractivity contribution in [1.29, 1.82) is 0 Å². The molecule has 1 aliphatic rings. The van der Waals surface area contributed by atoms with Crippen molar-refractivity contribution in [2.45, 2.75) is 10.9 Å². The molecule has 0 saturated carbocycles. The summed E-state index contributed by atoms with van der Waals surface area (Å²) in [6, 6.07) is 11.7. The molecule has 1 fully saturated rings. The first kappa shape index (κ1) is 16.8. The van der Waals surface area contributed by atoms with Gasteiger partial charge in [-0.2, -0.15) is 4.31 Å². The number of hydrogen-bond donors (Lipinski definition) is 0. The van der Waals surface area contributed by atoms with E-state index in [4.69, 9.17) is 0 Å². The highest BCUT2D eigenvalue weighted by Gasteiger charge is 2.39. The normalized spacial score (nSPS) is 15.8. The van der Waals surface area contributed by atoms with Gasteiger partial charge in [0.1, 0.15) is 22.2 Å². The van der Waals surface area contributed by atoms with Crippen molar-refractivity contribution in [3.05, 3.63) is 66.4 Å². The van der Waals surface area contributed by atoms with Crippen LogP contribution in [0.3, 0.4) is 0 Å². The summed E-state index contributed by atoms with van der Waals surface area (Å²) in [4.78, 5) is -0.653. The van der Waals surface area contributed by atoms with Crippen molar-refractivity contribution >= 4 is 10.0 Å². The minimum atomic E-state index is -4.08. The van der Waals surface area contributed by atoms with Crippen LogP contribution in [0.2, 0.25) is 0 Å². The number of rotatable bonds is 4. The van der Waals surface area contributed by atoms with Crippen molar-refractivity contribution in [3.63, 3.8) is 0 Å². The molecule has 0 bridgehead atoms. The zero-order chi connectivity index (χ0) is 18.3. The molecule has 0 radical (unpaired) electrons. The lowest BCUT2D eigenvalue weighted by molar-refractivity contribution is 0.188. The maximum absolute atomic E-state index is 13.8. The maximum atomic E-state index is 13.8. The first-order valence-corrected chi connectivity index (χ1v) is 9.31. The Balaban J connectivity index is 1.50. The molecule has 0 N–H and O–H groups in total. The molecule has 26 heavy (non-hydrogen) atoms. The summed E-state index contributed by atoms with van der Waals surface area (Å²) in [6.45, 7) is 0.242. The largest absolute Gasteiger partial charge is 0.246 e. The number of benzene rings is 2. The van der Waals surface area contributed by atoms with Crippen molar-refractivity contribution < 1.29 is 17.2 Å². The van der Waals surface area contributed by atoms with Crippen LogP contribution in [0.15, 0.2) is 59.6 Å². The molecule has 0 spiro atoms. The second-order valence-corrected chi connectivity index (χ2v) is 7.91. The van der Waals surface area contributed by atoms with Crippen LogP contribution in [-0.4, -0.2) is 40.8 Å². The van der Waals surface area contributed by atoms with Crippen molar-refractivity contribution in [3.8, 4) is 11.3 Å². The van der Waals surface area contributed by atoms with Gasteiger partial charge in [-0.05, 0) is 18.2 Å². The Labute approximate surface area is 148 Å². The van der Waals surface area contributed by atoms with Gasteiger partial charge in [0.2, 0.25) is 10.0 Å². The second kappa shape index (κ2) is 6.26. The number of hydrogen-bond acceptors (Lipinski definition) is 4. The van der Waals surface area contributed by atoms with Gasteiger partial charge in [-0.3, -0.25) is 0 Å². The van der Waals surface area contributed by atoms with Crippen LogP contribution in [0.25, 0.3) is 11.3 Å². The minimum Gasteiger partial charge on any atom is -0.246 e. The molecule has 0 atom stereocenters. The molecule has 0 amide bonds. The molecule has 9 heteroatoms. The number of aromatic nitrogens is 3. The topological polar surface area (TPSA) is 68.1 Å². The lowest BCUT2D eigenvalue weighted by atomic mass is 10.1. The van der Waals surface area contributed by atoms with E-state index in [0.717, 1.165) is 22.0 Å². The van der Waals surface area contributed by atoms with Crippen LogP contribution in [-0.2, 0) is 10.0 Å². The third-order valence-corrected chi connectivity index (χ3v) is 6.14. The zero-order valence-corrected chi connectivity index (χ0v) is 14.3. The van der Waals surface area contributed by atoms with E-state index in [1.165, 1.54) is 0 Å². The number of nitrogens with zero attached hydrogens (tertiary/aromatic N) is 4. The summed E-state index contributed by atoms with van der Waals surface area (Å²) < 4.78 is 54.7. The van der Waals surface area contributed by atoms with Crippen LogP contribution in [0.5, 0.6) is 0 Å². The van der Waals surface area contributed by atoms with Crippen LogP contribution in [0.1, 0.15) is 6.04 Å². The Hall–Kier alpha value is -2.65. The van der Waals surface area contributed by atoms with E-state index in [-0.39, 0.29) is 19.1 Å². The molecule has 134 valence electrons. The highest BCUT2D eigenvalue weighted by molar-refractivity contribution is 7.89. The van der Waals surface area contributed by atoms with Gasteiger partial charge in [-0.15, -0.1) is 5.10 Å². The van der Waals surface area contributed by atoms with E-state index in [1.807, 2.05) is 30.3 Å². The Morgan fingerprint density at radius 3 is 2.50 bits per heavy atom. The summed E-state index contributed by atoms with van der Waals surface area (Å²) in [6.07, 6.45) is 1.74. The van der Waals surface area contributed by atoms with Gasteiger partial charge in [0, 0.05) is 18.7 Å². The Morgan fingerprint density at radius 2 is 1.77 bits per heavy atom. The van der Waals surface area contributed by atoms with Gasteiger partial charge in [0.15, 0.2) is 0 Å². The predicted octanol–water partition coefficient (Wildman–Crippen LogP) is 2.47. The van der Waals surface area contributed by atoms with Gasteiger partial charge >= 0.3 is 0 Å². The molecule has 6 nitrogen and oxygen atoms in total. The van der Waals surface area contributed by atoms with Crippen molar-refractivity contribution in [2.24, 2.45) is 0 Å². The summed E-state index contributed by atoms with van der Waals surface area (Å²) in [5.41, 5.74) is 1.59. The van der Waals surface area contributed by atoms with Gasteiger partial charge in [-0.25, -0.2) is 21.9 Å². The van der Waals surface area contributed by atoms with E-state index in [1.54, 1.807) is 10.9 Å². The van der Waals surface area contributed by atoms with Gasteiger partial charge in [0.25, 0.3) is 0 Å². The Kier molecular flexibility index (Phi) is 4.04. The van der Waals surface area contributed by atoms with Crippen LogP contribution in [0, 0.1) is 11.6 Å². The highest BCUT2D eigenvalue weighted by Crippen LogP contribution is 2.30. The average Bonchev–Trinajstić information content (AvgIpc) is 3.06. The summed E-state index contributed by atoms with van der Waals surface area (Å²) in [7, 11) is -4.08. The van der Waals surface area contributed by atoms with Crippen LogP contribution >= 0.6 is 0 Å². The first-order chi connectivity index (χ1) is 12.4. The SMILES string of the molecule is O=S(=O)(c1cc(F)ccc1F)N1CC(n2cc(-c3ccccc3)nn2)C1. The highest BCUT2D eigenvalue weighted by atomic mass is 32.2. The predicted molar refractivity (Wildman–Crippen MR) is 89.6 cm³/mol. The minimum absolute atomic E-state index is 0.121. The zero-order valence-electron chi connectivity index (χ0n) is 13.5. The number of sulfonamides is 1. The fourth-order valence-electron chi connectivity index (χ4n) is 2.79. The van der Waals surface area contributed by atoms with Gasteiger partial charge in [-0.1, -0.05) is 35.5 Å². The Bertz CT molecular complexity index is 1050. The third kappa shape index (κ3) is 2.89. The quantitative estimate of drug-likeness (QED) is 0.702. The molecule has 4 rings (SSSR count). The first-order valence-electron chi connectivity index (χ1n) is 7.87. The Morgan fingerprint density at radius 1 is 1.04 bits per heavy atom. The molecule has 1 aromatic heterocycles. The molecule has 0 aliphatic carbocycles. The average molecular weight is 376 g/mol. The van der Waals surface area contributed by atoms with Crippen LogP contribution in [0.4, 0.5) is 8.78 Å². The summed E-state index contributed by atoms with van der Waals surface area (Å²) in [5, 5.41) is 8.14. The standard InChI is InChI=1S/C17H14F2N4O2S/c18-13-6-7-15(19)17(8-13)26(24,25)22-9-14(10-22)23-11-16(20-21-23)12-4-2-1-3-5-12/h1-8,11,14H,9-10H2. The fraction of sp³-hybridized carbons (Fsp3) is 0.176. The molecule has 3 aromatic rings. The lowest BCUT2D eigenvalue weighted by Crippen LogP contribution is -2.50. The monoisotopic (exact) mass is 376 g/mol. The van der Waals surface area contributed by atoms with Gasteiger partial charge < -0.3 is 0 Å². The molecule has 0 unspecified atom stereocenters. The van der Waals surface area contributed by atoms with E-state index in [0.29, 0.717) is 11.8 Å². The molecule has 2 aromatic carbocycles. The third-order valence-electron chi connectivity index (χ3n) is 4.29. The van der Waals surface area contributed by atoms with Crippen molar-refractivity contribution in [2.75, 3.05) is 13.1 Å². The fourth-order valence-corrected chi connectivity index (χ4v) is 4.38.